The lowest BCUT2D eigenvalue weighted by molar-refractivity contribution is 1.15. The Labute approximate surface area is 97.7 Å². The maximum absolute atomic E-state index is 11.5. The number of rotatable bonds is 0. The fourth-order valence-corrected chi connectivity index (χ4v) is 1.88. The Balaban J connectivity index is 3.23. The molecule has 0 radical (unpaired) electrons. The van der Waals surface area contributed by atoms with Gasteiger partial charge < -0.3 is 4.98 Å². The maximum atomic E-state index is 11.5. The van der Waals surface area contributed by atoms with Crippen molar-refractivity contribution in [2.24, 2.45) is 0 Å². The summed E-state index contributed by atoms with van der Waals surface area (Å²) in [5.41, 5.74) is -2.59. The van der Waals surface area contributed by atoms with Gasteiger partial charge in [-0.05, 0) is 12.1 Å². The molecular weight excluding hydrogens is 255 g/mol. The highest BCUT2D eigenvalue weighted by Gasteiger charge is 2.06. The van der Waals surface area contributed by atoms with E-state index in [1.807, 2.05) is 4.98 Å². The summed E-state index contributed by atoms with van der Waals surface area (Å²) in [4.78, 5) is 37.9. The number of aromatic amines is 2. The molecule has 1 aromatic carbocycles. The molecule has 0 aliphatic rings. The van der Waals surface area contributed by atoms with Gasteiger partial charge in [-0.1, -0.05) is 23.2 Å². The Bertz CT molecular complexity index is 748. The van der Waals surface area contributed by atoms with E-state index >= 15 is 0 Å². The minimum absolute atomic E-state index is 0.0188. The van der Waals surface area contributed by atoms with Crippen LogP contribution in [0.3, 0.4) is 0 Å². The van der Waals surface area contributed by atoms with Gasteiger partial charge in [-0.25, -0.2) is 0 Å². The van der Waals surface area contributed by atoms with Crippen molar-refractivity contribution in [3.63, 3.8) is 0 Å². The van der Waals surface area contributed by atoms with E-state index in [1.54, 1.807) is 0 Å². The van der Waals surface area contributed by atoms with Crippen LogP contribution in [-0.4, -0.2) is 9.97 Å². The zero-order chi connectivity index (χ0) is 11.9. The summed E-state index contributed by atoms with van der Waals surface area (Å²) in [5.74, 6) is 0. The lowest BCUT2D eigenvalue weighted by atomic mass is 10.2. The molecule has 0 spiro atoms. The molecule has 5 nitrogen and oxygen atoms in total. The summed E-state index contributed by atoms with van der Waals surface area (Å²) in [6.07, 6.45) is 0. The topological polar surface area (TPSA) is 82.8 Å². The van der Waals surface area contributed by atoms with Crippen molar-refractivity contribution < 1.29 is 0 Å². The molecule has 2 rings (SSSR count). The molecule has 2 aromatic rings. The number of nitrogens with one attached hydrogen (secondary N) is 2. The number of H-pyrrole nitrogens is 2. The predicted octanol–water partition coefficient (Wildman–Crippen LogP) is 0.883. The molecule has 0 saturated heterocycles. The molecular formula is C9H4Cl2N2O3. The lowest BCUT2D eigenvalue weighted by Crippen LogP contribution is -2.28. The number of aromatic nitrogens is 2. The minimum Gasteiger partial charge on any atom is -0.317 e. The maximum Gasteiger partial charge on any atom is 0.316 e. The number of fused-ring (bicyclic) bond motifs is 1. The Morgan fingerprint density at radius 1 is 0.875 bits per heavy atom. The molecule has 16 heavy (non-hydrogen) atoms. The SMILES string of the molecule is O=c1[nH]c(=O)c2c(Cl)cc(Cl)cc2[nH]c1=O. The first-order chi connectivity index (χ1) is 7.49. The van der Waals surface area contributed by atoms with E-state index in [4.69, 9.17) is 23.2 Å². The monoisotopic (exact) mass is 258 g/mol. The highest BCUT2D eigenvalue weighted by molar-refractivity contribution is 6.38. The molecule has 0 aliphatic carbocycles. The largest absolute Gasteiger partial charge is 0.317 e. The van der Waals surface area contributed by atoms with Crippen molar-refractivity contribution in [1.29, 1.82) is 0 Å². The van der Waals surface area contributed by atoms with Crippen molar-refractivity contribution in [2.75, 3.05) is 0 Å². The van der Waals surface area contributed by atoms with E-state index < -0.39 is 16.7 Å². The van der Waals surface area contributed by atoms with Crippen LogP contribution < -0.4 is 16.7 Å². The van der Waals surface area contributed by atoms with Crippen molar-refractivity contribution in [3.8, 4) is 0 Å². The molecule has 1 aromatic heterocycles. The molecule has 0 unspecified atom stereocenters. The van der Waals surface area contributed by atoms with E-state index in [2.05, 4.69) is 4.98 Å². The molecule has 0 fully saturated rings. The van der Waals surface area contributed by atoms with Crippen LogP contribution in [0, 0.1) is 0 Å². The van der Waals surface area contributed by atoms with E-state index in [-0.39, 0.29) is 20.9 Å². The third-order valence-electron chi connectivity index (χ3n) is 1.96. The second-order valence-corrected chi connectivity index (χ2v) is 3.89. The van der Waals surface area contributed by atoms with Crippen LogP contribution >= 0.6 is 23.2 Å². The summed E-state index contributed by atoms with van der Waals surface area (Å²) in [6.45, 7) is 0. The first-order valence-corrected chi connectivity index (χ1v) is 4.90. The van der Waals surface area contributed by atoms with Crippen LogP contribution in [-0.2, 0) is 0 Å². The van der Waals surface area contributed by atoms with E-state index in [0.717, 1.165) is 0 Å². The second-order valence-electron chi connectivity index (χ2n) is 3.05. The fourth-order valence-electron chi connectivity index (χ4n) is 1.30. The summed E-state index contributed by atoms with van der Waals surface area (Å²) >= 11 is 11.5. The van der Waals surface area contributed by atoms with Crippen LogP contribution in [0.15, 0.2) is 26.5 Å². The third kappa shape index (κ3) is 1.75. The van der Waals surface area contributed by atoms with Gasteiger partial charge in [0.15, 0.2) is 0 Å². The van der Waals surface area contributed by atoms with Gasteiger partial charge in [0.25, 0.3) is 5.56 Å². The first kappa shape index (κ1) is 10.9. The standard InChI is InChI=1S/C9H4Cl2N2O3/c10-3-1-4(11)6-5(2-3)12-8(15)9(16)13-7(6)14/h1-2H,(H2,12,13,14,15,16). The lowest BCUT2D eigenvalue weighted by Gasteiger charge is -1.95. The fraction of sp³-hybridized carbons (Fsp3) is 0. The zero-order valence-electron chi connectivity index (χ0n) is 7.64. The van der Waals surface area contributed by atoms with Crippen molar-refractivity contribution in [3.05, 3.63) is 53.2 Å². The molecule has 2 N–H and O–H groups in total. The van der Waals surface area contributed by atoms with Gasteiger partial charge in [-0.2, -0.15) is 0 Å². The molecule has 0 amide bonds. The molecule has 0 aliphatic heterocycles. The number of benzene rings is 1. The van der Waals surface area contributed by atoms with E-state index in [9.17, 15) is 14.4 Å². The van der Waals surface area contributed by atoms with Crippen molar-refractivity contribution >= 4 is 34.1 Å². The molecule has 1 heterocycles. The Morgan fingerprint density at radius 2 is 1.50 bits per heavy atom. The number of hydrogen-bond donors (Lipinski definition) is 2. The van der Waals surface area contributed by atoms with Gasteiger partial charge in [0, 0.05) is 5.02 Å². The average molecular weight is 259 g/mol. The van der Waals surface area contributed by atoms with E-state index in [1.165, 1.54) is 12.1 Å². The molecule has 0 bridgehead atoms. The van der Waals surface area contributed by atoms with Crippen LogP contribution in [0.4, 0.5) is 0 Å². The summed E-state index contributed by atoms with van der Waals surface area (Å²) < 4.78 is 0. The predicted molar refractivity (Wildman–Crippen MR) is 61.5 cm³/mol. The van der Waals surface area contributed by atoms with Crippen LogP contribution in [0.25, 0.3) is 10.9 Å². The first-order valence-electron chi connectivity index (χ1n) is 4.15. The average Bonchev–Trinajstić information content (AvgIpc) is 2.24. The molecule has 82 valence electrons. The zero-order valence-corrected chi connectivity index (χ0v) is 9.15. The van der Waals surface area contributed by atoms with Gasteiger partial charge in [0.2, 0.25) is 0 Å². The molecule has 0 atom stereocenters. The van der Waals surface area contributed by atoms with Crippen LogP contribution in [0.2, 0.25) is 10.0 Å². The van der Waals surface area contributed by atoms with Gasteiger partial charge >= 0.3 is 11.1 Å². The van der Waals surface area contributed by atoms with Crippen molar-refractivity contribution in [1.82, 2.24) is 9.97 Å². The molecule has 7 heteroatoms. The summed E-state index contributed by atoms with van der Waals surface area (Å²) in [5, 5.41) is 0.339. The smallest absolute Gasteiger partial charge is 0.316 e. The highest BCUT2D eigenvalue weighted by atomic mass is 35.5. The van der Waals surface area contributed by atoms with E-state index in [0.29, 0.717) is 0 Å². The van der Waals surface area contributed by atoms with Gasteiger partial charge in [-0.3, -0.25) is 19.4 Å². The second kappa shape index (κ2) is 3.77. The van der Waals surface area contributed by atoms with Gasteiger partial charge in [0.05, 0.1) is 15.9 Å². The van der Waals surface area contributed by atoms with Gasteiger partial charge in [-0.15, -0.1) is 0 Å². The Kier molecular flexibility index (Phi) is 2.57. The normalized spacial score (nSPS) is 10.6. The Morgan fingerprint density at radius 3 is 2.19 bits per heavy atom. The van der Waals surface area contributed by atoms with Gasteiger partial charge in [0.1, 0.15) is 0 Å². The minimum atomic E-state index is -1.03. The molecule has 0 saturated carbocycles. The quantitative estimate of drug-likeness (QED) is 0.689. The summed E-state index contributed by atoms with van der Waals surface area (Å²) in [7, 11) is 0. The Hall–Kier alpha value is -1.59. The van der Waals surface area contributed by atoms with Crippen molar-refractivity contribution in [2.45, 2.75) is 0 Å². The number of hydrogen-bond acceptors (Lipinski definition) is 3. The summed E-state index contributed by atoms with van der Waals surface area (Å²) in [6, 6.07) is 2.70. The van der Waals surface area contributed by atoms with Crippen LogP contribution in [0.1, 0.15) is 0 Å². The number of halogens is 2. The highest BCUT2D eigenvalue weighted by Crippen LogP contribution is 2.22. The third-order valence-corrected chi connectivity index (χ3v) is 2.48. The van der Waals surface area contributed by atoms with Crippen LogP contribution in [0.5, 0.6) is 0 Å².